The highest BCUT2D eigenvalue weighted by atomic mass is 16.4. The Morgan fingerprint density at radius 3 is 2.49 bits per heavy atom. The van der Waals surface area contributed by atoms with Crippen LogP contribution in [0, 0.1) is 6.92 Å². The van der Waals surface area contributed by atoms with E-state index in [0.29, 0.717) is 28.9 Å². The van der Waals surface area contributed by atoms with Gasteiger partial charge in [0.15, 0.2) is 5.58 Å². The number of hydrogen-bond acceptors (Lipinski definition) is 8. The standard InChI is InChI=1S/C26H29N7O2/c1-15-14-27-25(32-24(15)29-18-7-10-23-22(13-18)31-26(34)35-23)30-17-5-3-16(4-6-17)28-19-11-20-8-9-21(12-19)33(20)2/h3-7,10,13-14,19-21,28H,8-9,11-12H2,1-2H3,(H,31,34)(H2,27,29,30,32). The van der Waals surface area contributed by atoms with Crippen LogP contribution >= 0.6 is 0 Å². The molecule has 0 aliphatic carbocycles. The molecular weight excluding hydrogens is 442 g/mol. The number of aromatic nitrogens is 3. The molecule has 6 rings (SSSR count). The Hall–Kier alpha value is -3.85. The van der Waals surface area contributed by atoms with Crippen molar-refractivity contribution in [2.24, 2.45) is 0 Å². The van der Waals surface area contributed by atoms with Crippen LogP contribution in [0.5, 0.6) is 0 Å². The van der Waals surface area contributed by atoms with Crippen molar-refractivity contribution >= 4 is 39.9 Å². The summed E-state index contributed by atoms with van der Waals surface area (Å²) >= 11 is 0. The summed E-state index contributed by atoms with van der Waals surface area (Å²) in [6.45, 7) is 1.94. The van der Waals surface area contributed by atoms with Crippen molar-refractivity contribution in [3.05, 3.63) is 64.8 Å². The lowest BCUT2D eigenvalue weighted by Gasteiger charge is -2.37. The number of piperidine rings is 1. The van der Waals surface area contributed by atoms with E-state index in [4.69, 9.17) is 4.42 Å². The molecule has 4 aromatic rings. The van der Waals surface area contributed by atoms with Crippen LogP contribution < -0.4 is 21.7 Å². The van der Waals surface area contributed by atoms with Gasteiger partial charge in [-0.05, 0) is 82.1 Å². The van der Waals surface area contributed by atoms with Crippen LogP contribution in [0.3, 0.4) is 0 Å². The van der Waals surface area contributed by atoms with Gasteiger partial charge in [0.2, 0.25) is 5.95 Å². The largest absolute Gasteiger partial charge is 0.417 e. The SMILES string of the molecule is Cc1cnc(Nc2ccc(NC3CC4CCC(C3)N4C)cc2)nc1Nc1ccc2oc(=O)[nH]c2c1. The number of oxazole rings is 1. The van der Waals surface area contributed by atoms with Crippen molar-refractivity contribution in [3.63, 3.8) is 0 Å². The molecule has 0 saturated carbocycles. The molecule has 0 amide bonds. The number of nitrogens with zero attached hydrogens (tertiary/aromatic N) is 3. The molecule has 180 valence electrons. The number of aryl methyl sites for hydroxylation is 1. The molecule has 2 aliphatic heterocycles. The first-order valence-electron chi connectivity index (χ1n) is 12.1. The van der Waals surface area contributed by atoms with Crippen LogP contribution in [-0.2, 0) is 0 Å². The minimum atomic E-state index is -0.471. The first-order valence-corrected chi connectivity index (χ1v) is 12.1. The Balaban J connectivity index is 1.12. The Labute approximate surface area is 203 Å². The topological polar surface area (TPSA) is 111 Å². The lowest BCUT2D eigenvalue weighted by molar-refractivity contribution is 0.169. The predicted molar refractivity (Wildman–Crippen MR) is 138 cm³/mol. The molecule has 0 radical (unpaired) electrons. The zero-order valence-electron chi connectivity index (χ0n) is 19.8. The third-order valence-corrected chi connectivity index (χ3v) is 7.26. The van der Waals surface area contributed by atoms with Crippen molar-refractivity contribution in [3.8, 4) is 0 Å². The van der Waals surface area contributed by atoms with E-state index >= 15 is 0 Å². The van der Waals surface area contributed by atoms with Crippen LogP contribution in [0.15, 0.2) is 57.9 Å². The number of anilines is 5. The Bertz CT molecular complexity index is 1400. The van der Waals surface area contributed by atoms with Gasteiger partial charge in [-0.25, -0.2) is 9.78 Å². The molecule has 2 saturated heterocycles. The van der Waals surface area contributed by atoms with Gasteiger partial charge in [-0.2, -0.15) is 4.98 Å². The number of H-pyrrole nitrogens is 1. The smallest absolute Gasteiger partial charge is 0.408 e. The van der Waals surface area contributed by atoms with E-state index < -0.39 is 5.76 Å². The number of benzene rings is 2. The summed E-state index contributed by atoms with van der Waals surface area (Å²) in [5, 5.41) is 10.3. The summed E-state index contributed by atoms with van der Waals surface area (Å²) in [6.07, 6.45) is 6.85. The number of fused-ring (bicyclic) bond motifs is 3. The lowest BCUT2D eigenvalue weighted by atomic mass is 9.98. The van der Waals surface area contributed by atoms with Gasteiger partial charge in [-0.1, -0.05) is 0 Å². The van der Waals surface area contributed by atoms with Crippen molar-refractivity contribution in [2.45, 2.75) is 50.7 Å². The second kappa shape index (κ2) is 8.74. The molecule has 0 spiro atoms. The maximum Gasteiger partial charge on any atom is 0.417 e. The van der Waals surface area contributed by atoms with Gasteiger partial charge < -0.3 is 25.3 Å². The van der Waals surface area contributed by atoms with E-state index in [2.05, 4.69) is 55.0 Å². The van der Waals surface area contributed by atoms with E-state index in [1.54, 1.807) is 12.3 Å². The fraction of sp³-hybridized carbons (Fsp3) is 0.346. The zero-order valence-corrected chi connectivity index (χ0v) is 19.8. The van der Waals surface area contributed by atoms with Crippen LogP contribution in [0.2, 0.25) is 0 Å². The van der Waals surface area contributed by atoms with Crippen molar-refractivity contribution in [2.75, 3.05) is 23.0 Å². The van der Waals surface area contributed by atoms with Crippen molar-refractivity contribution < 1.29 is 4.42 Å². The summed E-state index contributed by atoms with van der Waals surface area (Å²) in [5.74, 6) is 0.716. The molecule has 4 N–H and O–H groups in total. The summed E-state index contributed by atoms with van der Waals surface area (Å²) in [6, 6.07) is 15.7. The van der Waals surface area contributed by atoms with Gasteiger partial charge in [-0.3, -0.25) is 4.98 Å². The average molecular weight is 472 g/mol. The van der Waals surface area contributed by atoms with E-state index in [9.17, 15) is 4.79 Å². The average Bonchev–Trinajstić information content (AvgIpc) is 3.29. The van der Waals surface area contributed by atoms with E-state index in [1.807, 2.05) is 31.2 Å². The molecule has 9 nitrogen and oxygen atoms in total. The minimum absolute atomic E-state index is 0.471. The molecule has 4 heterocycles. The van der Waals surface area contributed by atoms with Gasteiger partial charge in [-0.15, -0.1) is 0 Å². The van der Waals surface area contributed by atoms with Crippen LogP contribution in [-0.4, -0.2) is 45.0 Å². The summed E-state index contributed by atoms with van der Waals surface area (Å²) < 4.78 is 5.07. The second-order valence-electron chi connectivity index (χ2n) is 9.64. The molecule has 2 aliphatic rings. The summed E-state index contributed by atoms with van der Waals surface area (Å²) in [5.41, 5.74) is 4.91. The normalized spacial score (nSPS) is 21.8. The Morgan fingerprint density at radius 2 is 1.71 bits per heavy atom. The maximum absolute atomic E-state index is 11.4. The monoisotopic (exact) mass is 471 g/mol. The van der Waals surface area contributed by atoms with Gasteiger partial charge in [0.1, 0.15) is 5.82 Å². The number of hydrogen-bond donors (Lipinski definition) is 4. The molecule has 2 aromatic heterocycles. The third kappa shape index (κ3) is 4.46. The molecule has 2 unspecified atom stereocenters. The maximum atomic E-state index is 11.4. The van der Waals surface area contributed by atoms with Crippen molar-refractivity contribution in [1.29, 1.82) is 0 Å². The van der Waals surface area contributed by atoms with E-state index in [-0.39, 0.29) is 0 Å². The number of rotatable bonds is 6. The minimum Gasteiger partial charge on any atom is -0.408 e. The molecule has 2 aromatic carbocycles. The van der Waals surface area contributed by atoms with Crippen LogP contribution in [0.25, 0.3) is 11.1 Å². The van der Waals surface area contributed by atoms with Gasteiger partial charge in [0.25, 0.3) is 0 Å². The van der Waals surface area contributed by atoms with Gasteiger partial charge in [0.05, 0.1) is 5.52 Å². The molecular formula is C26H29N7O2. The van der Waals surface area contributed by atoms with Crippen LogP contribution in [0.4, 0.5) is 28.8 Å². The first-order chi connectivity index (χ1) is 17.0. The molecule has 2 atom stereocenters. The van der Waals surface area contributed by atoms with E-state index in [0.717, 1.165) is 34.7 Å². The van der Waals surface area contributed by atoms with Gasteiger partial charge in [0, 0.05) is 46.9 Å². The quantitative estimate of drug-likeness (QED) is 0.319. The molecule has 2 bridgehead atoms. The van der Waals surface area contributed by atoms with Crippen molar-refractivity contribution in [1.82, 2.24) is 19.9 Å². The molecule has 2 fully saturated rings. The van der Waals surface area contributed by atoms with Crippen LogP contribution in [0.1, 0.15) is 31.2 Å². The third-order valence-electron chi connectivity index (χ3n) is 7.26. The van der Waals surface area contributed by atoms with E-state index in [1.165, 1.54) is 25.7 Å². The highest BCUT2D eigenvalue weighted by Crippen LogP contribution is 2.35. The molecule has 9 heteroatoms. The number of aromatic amines is 1. The Kier molecular flexibility index (Phi) is 5.41. The predicted octanol–water partition coefficient (Wildman–Crippen LogP) is 4.74. The number of nitrogens with one attached hydrogen (secondary N) is 4. The first kappa shape index (κ1) is 21.7. The Morgan fingerprint density at radius 1 is 1.00 bits per heavy atom. The zero-order chi connectivity index (χ0) is 23.9. The molecule has 35 heavy (non-hydrogen) atoms. The fourth-order valence-corrected chi connectivity index (χ4v) is 5.34. The summed E-state index contributed by atoms with van der Waals surface area (Å²) in [4.78, 5) is 25.7. The second-order valence-corrected chi connectivity index (χ2v) is 9.64. The lowest BCUT2D eigenvalue weighted by Crippen LogP contribution is -2.44. The summed E-state index contributed by atoms with van der Waals surface area (Å²) in [7, 11) is 2.27. The highest BCUT2D eigenvalue weighted by Gasteiger charge is 2.38. The fourth-order valence-electron chi connectivity index (χ4n) is 5.34. The van der Waals surface area contributed by atoms with Gasteiger partial charge >= 0.3 is 5.76 Å². The highest BCUT2D eigenvalue weighted by molar-refractivity contribution is 5.78.